The molecule has 5 nitrogen and oxygen atoms in total. The number of nitrogens with one attached hydrogen (secondary N) is 2. The molecule has 1 heterocycles. The molecule has 0 aliphatic carbocycles. The molecule has 7 heteroatoms. The maximum Gasteiger partial charge on any atom is 0.162 e. The zero-order chi connectivity index (χ0) is 20.9. The predicted octanol–water partition coefficient (Wildman–Crippen LogP) is 5.34. The van der Waals surface area contributed by atoms with E-state index in [1.807, 2.05) is 36.4 Å². The lowest BCUT2D eigenvalue weighted by Gasteiger charge is -2.14. The third-order valence-corrected chi connectivity index (χ3v) is 5.42. The van der Waals surface area contributed by atoms with E-state index in [2.05, 4.69) is 31.2 Å². The lowest BCUT2D eigenvalue weighted by Crippen LogP contribution is -2.14. The number of benzene rings is 3. The molecule has 0 saturated heterocycles. The van der Waals surface area contributed by atoms with E-state index in [1.54, 1.807) is 19.2 Å². The van der Waals surface area contributed by atoms with Gasteiger partial charge in [-0.05, 0) is 47.5 Å². The van der Waals surface area contributed by atoms with Crippen LogP contribution in [0.3, 0.4) is 0 Å². The summed E-state index contributed by atoms with van der Waals surface area (Å²) in [7, 11) is 1.61. The molecule has 0 atom stereocenters. The number of para-hydroxylation sites is 2. The van der Waals surface area contributed by atoms with Crippen molar-refractivity contribution in [2.24, 2.45) is 0 Å². The van der Waals surface area contributed by atoms with Crippen LogP contribution in [0.4, 0.5) is 4.39 Å². The molecule has 154 valence electrons. The topological polar surface area (TPSA) is 59.2 Å². The number of hydrogen-bond acceptors (Lipinski definition) is 4. The number of fused-ring (bicyclic) bond motifs is 1. The van der Waals surface area contributed by atoms with Gasteiger partial charge in [0.1, 0.15) is 18.2 Å². The Morgan fingerprint density at radius 1 is 1.03 bits per heavy atom. The Morgan fingerprint density at radius 3 is 2.60 bits per heavy atom. The van der Waals surface area contributed by atoms with Gasteiger partial charge in [0.2, 0.25) is 0 Å². The minimum atomic E-state index is -0.265. The highest BCUT2D eigenvalue weighted by atomic mass is 79.9. The van der Waals surface area contributed by atoms with E-state index in [9.17, 15) is 4.39 Å². The van der Waals surface area contributed by atoms with Crippen LogP contribution in [0.25, 0.3) is 11.0 Å². The Balaban J connectivity index is 1.40. The van der Waals surface area contributed by atoms with Gasteiger partial charge in [-0.3, -0.25) is 0 Å². The highest BCUT2D eigenvalue weighted by Crippen LogP contribution is 2.34. The molecular weight excluding hydrogens is 449 g/mol. The molecule has 0 aliphatic rings. The molecule has 0 saturated carbocycles. The lowest BCUT2D eigenvalue weighted by molar-refractivity contribution is 0.284. The Labute approximate surface area is 182 Å². The number of rotatable bonds is 8. The smallest absolute Gasteiger partial charge is 0.162 e. The number of aromatic amines is 1. The van der Waals surface area contributed by atoms with Gasteiger partial charge in [-0.15, -0.1) is 0 Å². The van der Waals surface area contributed by atoms with E-state index in [4.69, 9.17) is 9.47 Å². The summed E-state index contributed by atoms with van der Waals surface area (Å²) in [5, 5.41) is 3.40. The fourth-order valence-electron chi connectivity index (χ4n) is 3.13. The first-order valence-electron chi connectivity index (χ1n) is 9.50. The second-order valence-electron chi connectivity index (χ2n) is 6.81. The molecule has 0 amide bonds. The minimum Gasteiger partial charge on any atom is -0.493 e. The molecule has 0 spiro atoms. The Bertz CT molecular complexity index is 1110. The number of methoxy groups -OCH3 is 1. The van der Waals surface area contributed by atoms with Crippen molar-refractivity contribution in [1.29, 1.82) is 0 Å². The fourth-order valence-corrected chi connectivity index (χ4v) is 3.59. The molecule has 30 heavy (non-hydrogen) atoms. The van der Waals surface area contributed by atoms with Crippen molar-refractivity contribution in [2.45, 2.75) is 19.7 Å². The quantitative estimate of drug-likeness (QED) is 0.365. The molecule has 1 aromatic heterocycles. The molecule has 3 aromatic carbocycles. The second kappa shape index (κ2) is 9.28. The van der Waals surface area contributed by atoms with Crippen molar-refractivity contribution < 1.29 is 13.9 Å². The van der Waals surface area contributed by atoms with E-state index >= 15 is 0 Å². The highest BCUT2D eigenvalue weighted by Gasteiger charge is 2.11. The van der Waals surface area contributed by atoms with Gasteiger partial charge in [0.15, 0.2) is 11.5 Å². The van der Waals surface area contributed by atoms with Gasteiger partial charge in [0, 0.05) is 11.0 Å². The van der Waals surface area contributed by atoms with Crippen LogP contribution in [0.5, 0.6) is 11.5 Å². The molecule has 0 unspecified atom stereocenters. The number of H-pyrrole nitrogens is 1. The van der Waals surface area contributed by atoms with Gasteiger partial charge in [0.25, 0.3) is 0 Å². The molecule has 4 aromatic rings. The van der Waals surface area contributed by atoms with Gasteiger partial charge in [-0.2, -0.15) is 0 Å². The van der Waals surface area contributed by atoms with Crippen LogP contribution in [-0.2, 0) is 19.7 Å². The van der Waals surface area contributed by atoms with E-state index in [-0.39, 0.29) is 5.82 Å². The molecule has 2 N–H and O–H groups in total. The Hall–Kier alpha value is -2.90. The summed E-state index contributed by atoms with van der Waals surface area (Å²) in [4.78, 5) is 7.89. The summed E-state index contributed by atoms with van der Waals surface area (Å²) in [5.41, 5.74) is 3.91. The maximum absolute atomic E-state index is 13.1. The van der Waals surface area contributed by atoms with E-state index in [1.165, 1.54) is 12.1 Å². The van der Waals surface area contributed by atoms with E-state index in [0.717, 1.165) is 32.5 Å². The number of imidazole rings is 1. The standard InChI is InChI=1S/C23H21BrFN3O2/c1-29-21-10-16(12-26-13-23-27-19-4-2-3-5-20(19)28-23)18(24)11-22(21)30-14-15-6-8-17(25)9-7-15/h2-11,26H,12-14H2,1H3,(H,27,28). The van der Waals surface area contributed by atoms with Crippen LogP contribution in [0, 0.1) is 5.82 Å². The van der Waals surface area contributed by atoms with Crippen molar-refractivity contribution in [3.05, 3.63) is 87.9 Å². The second-order valence-corrected chi connectivity index (χ2v) is 7.67. The van der Waals surface area contributed by atoms with Crippen LogP contribution >= 0.6 is 15.9 Å². The van der Waals surface area contributed by atoms with Crippen molar-refractivity contribution in [2.75, 3.05) is 7.11 Å². The summed E-state index contributed by atoms with van der Waals surface area (Å²) in [5.74, 6) is 1.88. The largest absolute Gasteiger partial charge is 0.493 e. The summed E-state index contributed by atoms with van der Waals surface area (Å²) < 4.78 is 25.3. The van der Waals surface area contributed by atoms with Crippen LogP contribution in [-0.4, -0.2) is 17.1 Å². The van der Waals surface area contributed by atoms with E-state index < -0.39 is 0 Å². The number of ether oxygens (including phenoxy) is 2. The first kappa shape index (κ1) is 20.4. The normalized spacial score (nSPS) is 11.0. The van der Waals surface area contributed by atoms with Gasteiger partial charge >= 0.3 is 0 Å². The van der Waals surface area contributed by atoms with Crippen LogP contribution in [0.1, 0.15) is 17.0 Å². The van der Waals surface area contributed by atoms with Gasteiger partial charge < -0.3 is 19.8 Å². The highest BCUT2D eigenvalue weighted by molar-refractivity contribution is 9.10. The average molecular weight is 470 g/mol. The summed E-state index contributed by atoms with van der Waals surface area (Å²) in [6.07, 6.45) is 0. The summed E-state index contributed by atoms with van der Waals surface area (Å²) in [6, 6.07) is 18.0. The van der Waals surface area contributed by atoms with Crippen LogP contribution < -0.4 is 14.8 Å². The monoisotopic (exact) mass is 469 g/mol. The Kier molecular flexibility index (Phi) is 6.30. The third-order valence-electron chi connectivity index (χ3n) is 4.69. The lowest BCUT2D eigenvalue weighted by atomic mass is 10.2. The van der Waals surface area contributed by atoms with Gasteiger partial charge in [0.05, 0.1) is 24.7 Å². The maximum atomic E-state index is 13.1. The Morgan fingerprint density at radius 2 is 1.83 bits per heavy atom. The zero-order valence-corrected chi connectivity index (χ0v) is 18.0. The third kappa shape index (κ3) is 4.80. The van der Waals surface area contributed by atoms with Crippen molar-refractivity contribution in [3.63, 3.8) is 0 Å². The molecule has 0 fully saturated rings. The van der Waals surface area contributed by atoms with Gasteiger partial charge in [-0.25, -0.2) is 9.37 Å². The zero-order valence-electron chi connectivity index (χ0n) is 16.4. The predicted molar refractivity (Wildman–Crippen MR) is 118 cm³/mol. The SMILES string of the molecule is COc1cc(CNCc2nc3ccccc3[nH]2)c(Br)cc1OCc1ccc(F)cc1. The molecular formula is C23H21BrFN3O2. The minimum absolute atomic E-state index is 0.265. The number of aromatic nitrogens is 2. The molecule has 4 rings (SSSR count). The molecule has 0 aliphatic heterocycles. The molecule has 0 radical (unpaired) electrons. The van der Waals surface area contributed by atoms with E-state index in [0.29, 0.717) is 31.2 Å². The number of halogens is 2. The fraction of sp³-hybridized carbons (Fsp3) is 0.174. The van der Waals surface area contributed by atoms with Crippen molar-refractivity contribution >= 4 is 27.0 Å². The summed E-state index contributed by atoms with van der Waals surface area (Å²) in [6.45, 7) is 1.57. The average Bonchev–Trinajstić information content (AvgIpc) is 3.17. The first-order chi connectivity index (χ1) is 14.6. The number of hydrogen-bond donors (Lipinski definition) is 2. The molecule has 0 bridgehead atoms. The number of nitrogens with zero attached hydrogens (tertiary/aromatic N) is 1. The van der Waals surface area contributed by atoms with Crippen LogP contribution in [0.15, 0.2) is 65.1 Å². The first-order valence-corrected chi connectivity index (χ1v) is 10.3. The van der Waals surface area contributed by atoms with Gasteiger partial charge in [-0.1, -0.05) is 40.2 Å². The summed E-state index contributed by atoms with van der Waals surface area (Å²) >= 11 is 3.61. The van der Waals surface area contributed by atoms with Crippen LogP contribution in [0.2, 0.25) is 0 Å². The van der Waals surface area contributed by atoms with Crippen molar-refractivity contribution in [3.8, 4) is 11.5 Å². The van der Waals surface area contributed by atoms with Crippen molar-refractivity contribution in [1.82, 2.24) is 15.3 Å².